The first-order valence-electron chi connectivity index (χ1n) is 8.51. The molecule has 0 radical (unpaired) electrons. The second kappa shape index (κ2) is 6.81. The summed E-state index contributed by atoms with van der Waals surface area (Å²) >= 11 is 6.01. The van der Waals surface area contributed by atoms with Crippen molar-refractivity contribution in [2.75, 3.05) is 16.8 Å². The third-order valence-electron chi connectivity index (χ3n) is 4.63. The summed E-state index contributed by atoms with van der Waals surface area (Å²) in [5.74, 6) is -0.247. The van der Waals surface area contributed by atoms with Crippen molar-refractivity contribution in [3.63, 3.8) is 0 Å². The molecule has 26 heavy (non-hydrogen) atoms. The Morgan fingerprint density at radius 1 is 1.15 bits per heavy atom. The first-order chi connectivity index (χ1) is 12.6. The fraction of sp³-hybridized carbons (Fsp3) is 0.143. The van der Waals surface area contributed by atoms with Crippen molar-refractivity contribution in [2.24, 2.45) is 0 Å². The van der Waals surface area contributed by atoms with Crippen LogP contribution in [0.5, 0.6) is 0 Å². The first kappa shape index (κ1) is 16.6. The van der Waals surface area contributed by atoms with E-state index in [1.54, 1.807) is 24.4 Å². The molecule has 0 aliphatic carbocycles. The molecular weight excluding hydrogens is 346 g/mol. The number of anilines is 3. The number of benzene rings is 2. The number of nitrogens with one attached hydrogen (secondary N) is 1. The highest BCUT2D eigenvalue weighted by Crippen LogP contribution is 2.33. The molecule has 1 N–H and O–H groups in total. The number of aromatic nitrogens is 1. The Kier molecular flexibility index (Phi) is 4.35. The Morgan fingerprint density at radius 3 is 2.81 bits per heavy atom. The smallest absolute Gasteiger partial charge is 0.274 e. The first-order valence-corrected chi connectivity index (χ1v) is 8.88. The van der Waals surface area contributed by atoms with Gasteiger partial charge in [0.05, 0.1) is 11.9 Å². The van der Waals surface area contributed by atoms with E-state index in [2.05, 4.69) is 33.4 Å². The van der Waals surface area contributed by atoms with Gasteiger partial charge in [-0.15, -0.1) is 0 Å². The molecule has 4 rings (SSSR count). The van der Waals surface area contributed by atoms with Crippen LogP contribution < -0.4 is 10.2 Å². The highest BCUT2D eigenvalue weighted by atomic mass is 35.5. The van der Waals surface area contributed by atoms with E-state index in [1.165, 1.54) is 11.3 Å². The summed E-state index contributed by atoms with van der Waals surface area (Å²) in [6, 6.07) is 17.5. The summed E-state index contributed by atoms with van der Waals surface area (Å²) in [5, 5.41) is 3.46. The zero-order valence-corrected chi connectivity index (χ0v) is 15.1. The standard InChI is InChI=1S/C21H18ClN3O/c1-14-6-7-16(22)12-19(14)24-21(26)18-9-8-17(13-23-18)25-11-10-15-4-2-3-5-20(15)25/h2-9,12-13H,10-11H2,1H3,(H,24,26). The summed E-state index contributed by atoms with van der Waals surface area (Å²) in [5.41, 5.74) is 5.56. The van der Waals surface area contributed by atoms with Crippen molar-refractivity contribution >= 4 is 34.6 Å². The van der Waals surface area contributed by atoms with Gasteiger partial charge in [0.15, 0.2) is 0 Å². The van der Waals surface area contributed by atoms with Crippen LogP contribution in [0.1, 0.15) is 21.6 Å². The van der Waals surface area contributed by atoms with Crippen LogP contribution >= 0.6 is 11.6 Å². The summed E-state index contributed by atoms with van der Waals surface area (Å²) in [4.78, 5) is 19.1. The van der Waals surface area contributed by atoms with Gasteiger partial charge in [0.1, 0.15) is 5.69 Å². The van der Waals surface area contributed by atoms with E-state index in [0.29, 0.717) is 16.4 Å². The number of aryl methyl sites for hydroxylation is 1. The van der Waals surface area contributed by atoms with Crippen LogP contribution in [0.25, 0.3) is 0 Å². The number of amides is 1. The second-order valence-electron chi connectivity index (χ2n) is 6.35. The van der Waals surface area contributed by atoms with Crippen molar-refractivity contribution in [3.05, 3.63) is 82.6 Å². The molecule has 130 valence electrons. The fourth-order valence-corrected chi connectivity index (χ4v) is 3.37. The van der Waals surface area contributed by atoms with Crippen LogP contribution in [0, 0.1) is 6.92 Å². The number of hydrogen-bond acceptors (Lipinski definition) is 3. The number of carbonyl (C=O) groups is 1. The summed E-state index contributed by atoms with van der Waals surface area (Å²) < 4.78 is 0. The SMILES string of the molecule is Cc1ccc(Cl)cc1NC(=O)c1ccc(N2CCc3ccccc32)cn1. The number of carbonyl (C=O) groups excluding carboxylic acids is 1. The fourth-order valence-electron chi connectivity index (χ4n) is 3.20. The number of pyridine rings is 1. The lowest BCUT2D eigenvalue weighted by molar-refractivity contribution is 0.102. The van der Waals surface area contributed by atoms with Gasteiger partial charge in [0, 0.05) is 22.9 Å². The van der Waals surface area contributed by atoms with E-state index in [1.807, 2.05) is 25.1 Å². The molecule has 0 fully saturated rings. The third kappa shape index (κ3) is 3.16. The quantitative estimate of drug-likeness (QED) is 0.713. The predicted octanol–water partition coefficient (Wildman–Crippen LogP) is 4.99. The van der Waals surface area contributed by atoms with Gasteiger partial charge < -0.3 is 10.2 Å². The van der Waals surface area contributed by atoms with Crippen molar-refractivity contribution < 1.29 is 4.79 Å². The molecule has 0 spiro atoms. The zero-order chi connectivity index (χ0) is 18.1. The lowest BCUT2D eigenvalue weighted by Crippen LogP contribution is -2.16. The van der Waals surface area contributed by atoms with Crippen molar-refractivity contribution in [1.29, 1.82) is 0 Å². The molecule has 1 aromatic heterocycles. The van der Waals surface area contributed by atoms with Crippen LogP contribution in [-0.4, -0.2) is 17.4 Å². The molecular formula is C21H18ClN3O. The molecule has 0 saturated heterocycles. The molecule has 1 aliphatic rings. The van der Waals surface area contributed by atoms with E-state index in [0.717, 1.165) is 24.2 Å². The van der Waals surface area contributed by atoms with Crippen LogP contribution in [0.2, 0.25) is 5.02 Å². The topological polar surface area (TPSA) is 45.2 Å². The van der Waals surface area contributed by atoms with E-state index in [-0.39, 0.29) is 5.91 Å². The maximum atomic E-state index is 12.5. The normalized spacial score (nSPS) is 12.8. The lowest BCUT2D eigenvalue weighted by Gasteiger charge is -2.19. The van der Waals surface area contributed by atoms with Gasteiger partial charge >= 0.3 is 0 Å². The summed E-state index contributed by atoms with van der Waals surface area (Å²) in [7, 11) is 0. The lowest BCUT2D eigenvalue weighted by atomic mass is 10.2. The molecule has 0 unspecified atom stereocenters. The number of nitrogens with zero attached hydrogens (tertiary/aromatic N) is 2. The maximum absolute atomic E-state index is 12.5. The van der Waals surface area contributed by atoms with E-state index >= 15 is 0 Å². The largest absolute Gasteiger partial charge is 0.340 e. The molecule has 1 aliphatic heterocycles. The monoisotopic (exact) mass is 363 g/mol. The molecule has 0 bridgehead atoms. The second-order valence-corrected chi connectivity index (χ2v) is 6.78. The number of fused-ring (bicyclic) bond motifs is 1. The minimum Gasteiger partial charge on any atom is -0.340 e. The van der Waals surface area contributed by atoms with Gasteiger partial charge in [-0.3, -0.25) is 4.79 Å². The molecule has 4 nitrogen and oxygen atoms in total. The van der Waals surface area contributed by atoms with Gasteiger partial charge in [-0.1, -0.05) is 35.9 Å². The van der Waals surface area contributed by atoms with Crippen LogP contribution in [0.3, 0.4) is 0 Å². The molecule has 3 aromatic rings. The predicted molar refractivity (Wildman–Crippen MR) is 106 cm³/mol. The van der Waals surface area contributed by atoms with Gasteiger partial charge in [0.25, 0.3) is 5.91 Å². The Bertz CT molecular complexity index is 969. The average molecular weight is 364 g/mol. The number of halogens is 1. The van der Waals surface area contributed by atoms with Crippen LogP contribution in [0.15, 0.2) is 60.8 Å². The molecule has 2 aromatic carbocycles. The molecule has 0 saturated carbocycles. The van der Waals surface area contributed by atoms with Crippen molar-refractivity contribution in [1.82, 2.24) is 4.98 Å². The summed E-state index contributed by atoms with van der Waals surface area (Å²) in [6.45, 7) is 2.85. The highest BCUT2D eigenvalue weighted by molar-refractivity contribution is 6.31. The minimum atomic E-state index is -0.247. The van der Waals surface area contributed by atoms with Crippen LogP contribution in [0.4, 0.5) is 17.1 Å². The van der Waals surface area contributed by atoms with Crippen molar-refractivity contribution in [3.8, 4) is 0 Å². The van der Waals surface area contributed by atoms with Gasteiger partial charge in [-0.2, -0.15) is 0 Å². The van der Waals surface area contributed by atoms with Gasteiger partial charge in [0.2, 0.25) is 0 Å². The third-order valence-corrected chi connectivity index (χ3v) is 4.86. The van der Waals surface area contributed by atoms with Crippen molar-refractivity contribution in [2.45, 2.75) is 13.3 Å². The number of hydrogen-bond donors (Lipinski definition) is 1. The Hall–Kier alpha value is -2.85. The van der Waals surface area contributed by atoms with Crippen LogP contribution in [-0.2, 0) is 6.42 Å². The Balaban J connectivity index is 1.53. The van der Waals surface area contributed by atoms with Gasteiger partial charge in [-0.25, -0.2) is 4.98 Å². The molecule has 1 amide bonds. The van der Waals surface area contributed by atoms with E-state index in [9.17, 15) is 4.79 Å². The highest BCUT2D eigenvalue weighted by Gasteiger charge is 2.20. The number of para-hydroxylation sites is 1. The minimum absolute atomic E-state index is 0.247. The maximum Gasteiger partial charge on any atom is 0.274 e. The summed E-state index contributed by atoms with van der Waals surface area (Å²) in [6.07, 6.45) is 2.77. The Labute approximate surface area is 157 Å². The molecule has 5 heteroatoms. The van der Waals surface area contributed by atoms with E-state index in [4.69, 9.17) is 11.6 Å². The average Bonchev–Trinajstić information content (AvgIpc) is 3.09. The molecule has 0 atom stereocenters. The number of rotatable bonds is 3. The van der Waals surface area contributed by atoms with Gasteiger partial charge in [-0.05, 0) is 54.8 Å². The zero-order valence-electron chi connectivity index (χ0n) is 14.4. The Morgan fingerprint density at radius 2 is 2.00 bits per heavy atom. The van der Waals surface area contributed by atoms with E-state index < -0.39 is 0 Å². The molecule has 2 heterocycles.